The monoisotopic (exact) mass is 325 g/mol. The van der Waals surface area contributed by atoms with Crippen molar-refractivity contribution >= 4 is 17.8 Å². The fourth-order valence-electron chi connectivity index (χ4n) is 3.44. The SMILES string of the molecule is Cc1ccc(F)c(C(=O)N2C[C@@]3(C(=O)O)C[C@@]3(C(=O)O)C2)c1F. The van der Waals surface area contributed by atoms with Crippen molar-refractivity contribution in [2.75, 3.05) is 13.1 Å². The van der Waals surface area contributed by atoms with Gasteiger partial charge in [0.05, 0.1) is 0 Å². The van der Waals surface area contributed by atoms with E-state index in [-0.39, 0.29) is 25.1 Å². The summed E-state index contributed by atoms with van der Waals surface area (Å²) in [5, 5.41) is 18.6. The summed E-state index contributed by atoms with van der Waals surface area (Å²) in [6, 6.07) is 2.13. The summed E-state index contributed by atoms with van der Waals surface area (Å²) < 4.78 is 27.9. The molecule has 0 bridgehead atoms. The zero-order valence-electron chi connectivity index (χ0n) is 12.1. The van der Waals surface area contributed by atoms with Crippen LogP contribution in [0.4, 0.5) is 8.78 Å². The number of carboxylic acids is 2. The summed E-state index contributed by atoms with van der Waals surface area (Å²) in [6.07, 6.45) is -0.0901. The second kappa shape index (κ2) is 4.50. The molecule has 1 aromatic rings. The lowest BCUT2D eigenvalue weighted by Gasteiger charge is -2.21. The van der Waals surface area contributed by atoms with E-state index in [1.807, 2.05) is 0 Å². The Morgan fingerprint density at radius 2 is 1.61 bits per heavy atom. The van der Waals surface area contributed by atoms with Crippen molar-refractivity contribution < 1.29 is 33.4 Å². The molecule has 0 spiro atoms. The van der Waals surface area contributed by atoms with Crippen LogP contribution in [0.1, 0.15) is 22.3 Å². The molecule has 3 rings (SSSR count). The molecule has 122 valence electrons. The number of carbonyl (C=O) groups excluding carboxylic acids is 1. The molecule has 23 heavy (non-hydrogen) atoms. The van der Waals surface area contributed by atoms with Gasteiger partial charge in [0.25, 0.3) is 5.91 Å². The first-order chi connectivity index (χ1) is 10.7. The number of hydrogen-bond acceptors (Lipinski definition) is 3. The average Bonchev–Trinajstić information content (AvgIpc) is 3.02. The molecule has 0 radical (unpaired) electrons. The van der Waals surface area contributed by atoms with Crippen LogP contribution >= 0.6 is 0 Å². The van der Waals surface area contributed by atoms with Crippen LogP contribution in [0, 0.1) is 29.4 Å². The topological polar surface area (TPSA) is 94.9 Å². The smallest absolute Gasteiger partial charge is 0.312 e. The number of amides is 1. The highest BCUT2D eigenvalue weighted by atomic mass is 19.1. The Bertz CT molecular complexity index is 736. The molecule has 2 fully saturated rings. The van der Waals surface area contributed by atoms with E-state index >= 15 is 0 Å². The molecule has 1 heterocycles. The number of rotatable bonds is 3. The number of carboxylic acid groups (broad SMARTS) is 2. The number of halogens is 2. The number of likely N-dealkylation sites (tertiary alicyclic amines) is 1. The van der Waals surface area contributed by atoms with Gasteiger partial charge in [-0.25, -0.2) is 8.78 Å². The Hall–Kier alpha value is -2.51. The summed E-state index contributed by atoms with van der Waals surface area (Å²) in [4.78, 5) is 36.1. The highest BCUT2D eigenvalue weighted by molar-refractivity contribution is 6.00. The molecule has 1 aliphatic carbocycles. The number of aliphatic carboxylic acids is 2. The van der Waals surface area contributed by atoms with Crippen molar-refractivity contribution in [2.24, 2.45) is 10.8 Å². The van der Waals surface area contributed by atoms with Crippen LogP contribution in [0.5, 0.6) is 0 Å². The summed E-state index contributed by atoms with van der Waals surface area (Å²) in [6.45, 7) is 0.616. The van der Waals surface area contributed by atoms with Crippen molar-refractivity contribution in [3.63, 3.8) is 0 Å². The van der Waals surface area contributed by atoms with Gasteiger partial charge in [0.2, 0.25) is 0 Å². The molecular formula is C15H13F2NO5. The summed E-state index contributed by atoms with van der Waals surface area (Å²) in [5.74, 6) is -5.75. The average molecular weight is 325 g/mol. The highest BCUT2D eigenvalue weighted by Gasteiger charge is 2.81. The maximum absolute atomic E-state index is 14.1. The van der Waals surface area contributed by atoms with Crippen LogP contribution in [0.25, 0.3) is 0 Å². The van der Waals surface area contributed by atoms with Crippen molar-refractivity contribution in [3.05, 3.63) is 34.9 Å². The number of hydrogen-bond donors (Lipinski definition) is 2. The van der Waals surface area contributed by atoms with Crippen molar-refractivity contribution in [2.45, 2.75) is 13.3 Å². The standard InChI is InChI=1S/C15H13F2NO5/c1-7-2-3-8(16)9(10(7)17)11(19)18-5-14(12(20)21)4-15(14,6-18)13(22)23/h2-3H,4-6H2,1H3,(H,20,21)(H,22,23)/t14-,15+. The second-order valence-corrected chi connectivity index (χ2v) is 6.17. The van der Waals surface area contributed by atoms with Crippen molar-refractivity contribution in [3.8, 4) is 0 Å². The summed E-state index contributed by atoms with van der Waals surface area (Å²) >= 11 is 0. The van der Waals surface area contributed by atoms with Crippen LogP contribution in [-0.4, -0.2) is 46.0 Å². The van der Waals surface area contributed by atoms with Crippen LogP contribution in [0.2, 0.25) is 0 Å². The van der Waals surface area contributed by atoms with Crippen LogP contribution in [0.3, 0.4) is 0 Å². The Balaban J connectivity index is 1.97. The zero-order chi connectivity index (χ0) is 17.2. The molecule has 8 heteroatoms. The number of fused-ring (bicyclic) bond motifs is 1. The van der Waals surface area contributed by atoms with Gasteiger partial charge in [-0.2, -0.15) is 0 Å². The maximum Gasteiger partial charge on any atom is 0.312 e. The molecule has 0 aromatic heterocycles. The van der Waals surface area contributed by atoms with Crippen molar-refractivity contribution in [1.82, 2.24) is 4.90 Å². The Kier molecular flexibility index (Phi) is 3.01. The van der Waals surface area contributed by atoms with Crippen LogP contribution in [0.15, 0.2) is 12.1 Å². The maximum atomic E-state index is 14.1. The van der Waals surface area contributed by atoms with Gasteiger partial charge in [-0.3, -0.25) is 14.4 Å². The third-order valence-corrected chi connectivity index (χ3v) is 4.92. The number of benzene rings is 1. The van der Waals surface area contributed by atoms with Gasteiger partial charge in [-0.05, 0) is 25.0 Å². The molecule has 1 saturated carbocycles. The minimum Gasteiger partial charge on any atom is -0.481 e. The van der Waals surface area contributed by atoms with E-state index in [1.54, 1.807) is 0 Å². The van der Waals surface area contributed by atoms with E-state index in [2.05, 4.69) is 0 Å². The molecule has 6 nitrogen and oxygen atoms in total. The molecule has 2 aliphatic rings. The van der Waals surface area contributed by atoms with Gasteiger partial charge in [0.1, 0.15) is 28.0 Å². The first-order valence-corrected chi connectivity index (χ1v) is 6.87. The van der Waals surface area contributed by atoms with Crippen LogP contribution in [-0.2, 0) is 9.59 Å². The number of aryl methyl sites for hydroxylation is 1. The minimum absolute atomic E-state index is 0.0694. The van der Waals surface area contributed by atoms with Gasteiger partial charge in [-0.15, -0.1) is 0 Å². The molecule has 0 unspecified atom stereocenters. The third kappa shape index (κ3) is 1.80. The van der Waals surface area contributed by atoms with Crippen LogP contribution < -0.4 is 0 Å². The van der Waals surface area contributed by atoms with E-state index in [4.69, 9.17) is 0 Å². The first kappa shape index (κ1) is 15.4. The molecule has 2 N–H and O–H groups in total. The Morgan fingerprint density at radius 1 is 1.09 bits per heavy atom. The zero-order valence-corrected chi connectivity index (χ0v) is 12.1. The summed E-state index contributed by atoms with van der Waals surface area (Å²) in [5.41, 5.74) is -3.87. The Labute approximate surface area is 129 Å². The third-order valence-electron chi connectivity index (χ3n) is 4.92. The fourth-order valence-corrected chi connectivity index (χ4v) is 3.44. The van der Waals surface area contributed by atoms with Gasteiger partial charge >= 0.3 is 11.9 Å². The molecule has 1 amide bonds. The Morgan fingerprint density at radius 3 is 2.09 bits per heavy atom. The lowest BCUT2D eigenvalue weighted by Crippen LogP contribution is -2.35. The molecule has 2 atom stereocenters. The first-order valence-electron chi connectivity index (χ1n) is 6.87. The van der Waals surface area contributed by atoms with Gasteiger partial charge < -0.3 is 15.1 Å². The molecule has 1 aliphatic heterocycles. The quantitative estimate of drug-likeness (QED) is 0.873. The predicted molar refractivity (Wildman–Crippen MR) is 71.8 cm³/mol. The van der Waals surface area contributed by atoms with E-state index in [0.717, 1.165) is 11.0 Å². The molecule has 1 saturated heterocycles. The van der Waals surface area contributed by atoms with Gasteiger partial charge in [0.15, 0.2) is 0 Å². The number of carbonyl (C=O) groups is 3. The number of piperidine rings is 1. The largest absolute Gasteiger partial charge is 0.481 e. The van der Waals surface area contributed by atoms with E-state index < -0.39 is 45.9 Å². The molecular weight excluding hydrogens is 312 g/mol. The second-order valence-electron chi connectivity index (χ2n) is 6.17. The van der Waals surface area contributed by atoms with E-state index in [0.29, 0.717) is 0 Å². The minimum atomic E-state index is -1.58. The molecule has 1 aromatic carbocycles. The lowest BCUT2D eigenvalue weighted by atomic mass is 9.97. The summed E-state index contributed by atoms with van der Waals surface area (Å²) in [7, 11) is 0. The lowest BCUT2D eigenvalue weighted by molar-refractivity contribution is -0.151. The highest BCUT2D eigenvalue weighted by Crippen LogP contribution is 2.68. The van der Waals surface area contributed by atoms with E-state index in [1.165, 1.54) is 13.0 Å². The number of nitrogens with zero attached hydrogens (tertiary/aromatic N) is 1. The normalized spacial score (nSPS) is 28.4. The van der Waals surface area contributed by atoms with Gasteiger partial charge in [0, 0.05) is 13.1 Å². The van der Waals surface area contributed by atoms with E-state index in [9.17, 15) is 33.4 Å². The fraction of sp³-hybridized carbons (Fsp3) is 0.400. The van der Waals surface area contributed by atoms with Crippen molar-refractivity contribution in [1.29, 1.82) is 0 Å². The predicted octanol–water partition coefficient (Wildman–Crippen LogP) is 1.27. The van der Waals surface area contributed by atoms with Gasteiger partial charge in [-0.1, -0.05) is 6.07 Å².